The maximum atomic E-state index is 12.5. The summed E-state index contributed by atoms with van der Waals surface area (Å²) in [5, 5.41) is 15.7. The first kappa shape index (κ1) is 20.9. The van der Waals surface area contributed by atoms with E-state index in [9.17, 15) is 19.5 Å². The topological polar surface area (TPSA) is 95.5 Å². The van der Waals surface area contributed by atoms with Crippen molar-refractivity contribution in [2.45, 2.75) is 25.8 Å². The smallest absolute Gasteiger partial charge is 0.326 e. The van der Waals surface area contributed by atoms with Crippen LogP contribution in [0, 0.1) is 0 Å². The molecule has 0 radical (unpaired) electrons. The first-order chi connectivity index (χ1) is 13.7. The molecule has 1 aliphatic rings. The van der Waals surface area contributed by atoms with Crippen molar-refractivity contribution in [1.82, 2.24) is 0 Å². The van der Waals surface area contributed by atoms with Crippen LogP contribution < -0.4 is 10.6 Å². The summed E-state index contributed by atoms with van der Waals surface area (Å²) in [6.45, 7) is 1.52. The van der Waals surface area contributed by atoms with Crippen LogP contribution in [-0.2, 0) is 20.8 Å². The van der Waals surface area contributed by atoms with Crippen molar-refractivity contribution in [2.24, 2.45) is 0 Å². The number of aliphatic carboxylic acids is 1. The largest absolute Gasteiger partial charge is 0.480 e. The van der Waals surface area contributed by atoms with Crippen LogP contribution in [0.1, 0.15) is 24.5 Å². The van der Waals surface area contributed by atoms with Gasteiger partial charge in [-0.05, 0) is 42.3 Å². The van der Waals surface area contributed by atoms with Crippen LogP contribution in [-0.4, -0.2) is 28.8 Å². The Bertz CT molecular complexity index is 1020. The van der Waals surface area contributed by atoms with E-state index >= 15 is 0 Å². The molecule has 150 valence electrons. The molecule has 1 atom stereocenters. The molecule has 0 saturated heterocycles. The Kier molecular flexibility index (Phi) is 6.25. The monoisotopic (exact) mass is 432 g/mol. The molecular formula is C21H18Cl2N2O4. The van der Waals surface area contributed by atoms with Crippen LogP contribution >= 0.6 is 23.2 Å². The Morgan fingerprint density at radius 2 is 1.90 bits per heavy atom. The Morgan fingerprint density at radius 1 is 1.21 bits per heavy atom. The number of amides is 1. The number of halogens is 2. The number of ketones is 1. The molecular weight excluding hydrogens is 415 g/mol. The third-order valence-corrected chi connectivity index (χ3v) is 4.92. The fourth-order valence-corrected chi connectivity index (χ4v) is 3.80. The van der Waals surface area contributed by atoms with E-state index in [1.807, 2.05) is 0 Å². The van der Waals surface area contributed by atoms with Gasteiger partial charge < -0.3 is 15.7 Å². The van der Waals surface area contributed by atoms with E-state index in [1.165, 1.54) is 13.0 Å². The molecule has 6 nitrogen and oxygen atoms in total. The van der Waals surface area contributed by atoms with Crippen LogP contribution in [0.25, 0.3) is 5.57 Å². The van der Waals surface area contributed by atoms with Crippen LogP contribution in [0.15, 0.2) is 42.5 Å². The third kappa shape index (κ3) is 5.16. The lowest BCUT2D eigenvalue weighted by Gasteiger charge is -2.27. The normalized spacial score (nSPS) is 16.7. The number of nitrogens with one attached hydrogen (secondary N) is 2. The van der Waals surface area contributed by atoms with Gasteiger partial charge in [0.15, 0.2) is 0 Å². The molecule has 3 N–H and O–H groups in total. The number of carbonyl (C=O) groups is 3. The minimum absolute atomic E-state index is 0.0565. The van der Waals surface area contributed by atoms with E-state index in [-0.39, 0.29) is 12.2 Å². The van der Waals surface area contributed by atoms with Gasteiger partial charge in [0, 0.05) is 40.9 Å². The maximum Gasteiger partial charge on any atom is 0.326 e. The molecule has 0 aromatic heterocycles. The van der Waals surface area contributed by atoms with Crippen molar-refractivity contribution in [2.75, 3.05) is 10.6 Å². The molecule has 2 aromatic rings. The highest BCUT2D eigenvalue weighted by molar-refractivity contribution is 6.36. The minimum Gasteiger partial charge on any atom is -0.480 e. The summed E-state index contributed by atoms with van der Waals surface area (Å²) in [6.07, 6.45) is 1.77. The second-order valence-corrected chi connectivity index (χ2v) is 7.63. The summed E-state index contributed by atoms with van der Waals surface area (Å²) in [4.78, 5) is 35.2. The van der Waals surface area contributed by atoms with Crippen molar-refractivity contribution in [3.8, 4) is 0 Å². The number of carbonyl (C=O) groups excluding carboxylic acids is 2. The molecule has 1 aliphatic heterocycles. The van der Waals surface area contributed by atoms with E-state index in [4.69, 9.17) is 23.2 Å². The lowest BCUT2D eigenvalue weighted by atomic mass is 9.92. The predicted molar refractivity (Wildman–Crippen MR) is 114 cm³/mol. The van der Waals surface area contributed by atoms with Gasteiger partial charge in [0.25, 0.3) is 0 Å². The van der Waals surface area contributed by atoms with Crippen molar-refractivity contribution in [3.63, 3.8) is 0 Å². The average Bonchev–Trinajstić information content (AvgIpc) is 2.61. The van der Waals surface area contributed by atoms with Crippen LogP contribution in [0.5, 0.6) is 0 Å². The Balaban J connectivity index is 1.85. The summed E-state index contributed by atoms with van der Waals surface area (Å²) in [5.41, 5.74) is 2.94. The highest BCUT2D eigenvalue weighted by atomic mass is 35.5. The fraction of sp³-hybridized carbons (Fsp3) is 0.190. The number of anilines is 2. The highest BCUT2D eigenvalue weighted by Crippen LogP contribution is 2.40. The van der Waals surface area contributed by atoms with Gasteiger partial charge in [-0.2, -0.15) is 0 Å². The summed E-state index contributed by atoms with van der Waals surface area (Å²) < 4.78 is 0. The van der Waals surface area contributed by atoms with Crippen molar-refractivity contribution < 1.29 is 19.5 Å². The number of hydrogen-bond acceptors (Lipinski definition) is 4. The first-order valence-electron chi connectivity index (χ1n) is 8.81. The highest BCUT2D eigenvalue weighted by Gasteiger charge is 2.29. The predicted octanol–water partition coefficient (Wildman–Crippen LogP) is 4.42. The molecule has 8 heteroatoms. The van der Waals surface area contributed by atoms with Gasteiger partial charge in [-0.15, -0.1) is 0 Å². The molecule has 0 bridgehead atoms. The molecule has 1 amide bonds. The van der Waals surface area contributed by atoms with Crippen molar-refractivity contribution in [1.29, 1.82) is 0 Å². The second kappa shape index (κ2) is 8.68. The van der Waals surface area contributed by atoms with E-state index in [2.05, 4.69) is 10.6 Å². The zero-order valence-corrected chi connectivity index (χ0v) is 17.0. The third-order valence-electron chi connectivity index (χ3n) is 4.41. The first-order valence-corrected chi connectivity index (χ1v) is 9.57. The Morgan fingerprint density at radius 3 is 2.52 bits per heavy atom. The average molecular weight is 433 g/mol. The maximum absolute atomic E-state index is 12.5. The molecule has 3 rings (SSSR count). The zero-order chi connectivity index (χ0) is 21.1. The number of carboxylic acids is 1. The summed E-state index contributed by atoms with van der Waals surface area (Å²) >= 11 is 12.3. The molecule has 1 heterocycles. The van der Waals surface area contributed by atoms with Gasteiger partial charge in [-0.25, -0.2) is 4.79 Å². The lowest BCUT2D eigenvalue weighted by Crippen LogP contribution is -2.33. The molecule has 0 aliphatic carbocycles. The molecule has 0 spiro atoms. The Hall–Kier alpha value is -2.83. The fourth-order valence-electron chi connectivity index (χ4n) is 3.18. The molecule has 2 aromatic carbocycles. The summed E-state index contributed by atoms with van der Waals surface area (Å²) in [6, 6.07) is 9.17. The van der Waals surface area contributed by atoms with E-state index < -0.39 is 17.9 Å². The van der Waals surface area contributed by atoms with Gasteiger partial charge in [-0.1, -0.05) is 35.3 Å². The van der Waals surface area contributed by atoms with Gasteiger partial charge >= 0.3 is 5.97 Å². The summed E-state index contributed by atoms with van der Waals surface area (Å²) in [5.74, 6) is -1.40. The number of fused-ring (bicyclic) bond motifs is 1. The minimum atomic E-state index is -1.04. The SMILES string of the molecule is CC(=O)Cc1ccc(NC(=O)/C=C2\CC(C(=O)O)Nc3cc(Cl)cc(Cl)c32)cc1. The van der Waals surface area contributed by atoms with Crippen molar-refractivity contribution in [3.05, 3.63) is 63.6 Å². The van der Waals surface area contributed by atoms with E-state index in [1.54, 1.807) is 36.4 Å². The number of rotatable bonds is 5. The second-order valence-electron chi connectivity index (χ2n) is 6.78. The molecule has 0 saturated carbocycles. The Labute approximate surface area is 177 Å². The standard InChI is InChI=1S/C21H18Cl2N2O4/c1-11(26)6-12-2-4-15(5-3-12)24-19(27)8-13-7-18(21(28)29)25-17-10-14(22)9-16(23)20(13)17/h2-5,8-10,18,25H,6-7H2,1H3,(H,24,27)(H,28,29)/b13-8+. The number of benzene rings is 2. The zero-order valence-electron chi connectivity index (χ0n) is 15.5. The van der Waals surface area contributed by atoms with Gasteiger partial charge in [0.1, 0.15) is 11.8 Å². The quantitative estimate of drug-likeness (QED) is 0.607. The molecule has 1 unspecified atom stereocenters. The van der Waals surface area contributed by atoms with Gasteiger partial charge in [0.05, 0.1) is 5.02 Å². The van der Waals surface area contributed by atoms with Crippen molar-refractivity contribution >= 4 is 57.8 Å². The van der Waals surface area contributed by atoms with Crippen LogP contribution in [0.4, 0.5) is 11.4 Å². The lowest BCUT2D eigenvalue weighted by molar-refractivity contribution is -0.137. The molecule has 29 heavy (non-hydrogen) atoms. The molecule has 0 fully saturated rings. The van der Waals surface area contributed by atoms with Crippen LogP contribution in [0.2, 0.25) is 10.0 Å². The number of carboxylic acid groups (broad SMARTS) is 1. The summed E-state index contributed by atoms with van der Waals surface area (Å²) in [7, 11) is 0. The van der Waals surface area contributed by atoms with E-state index in [0.717, 1.165) is 5.56 Å². The van der Waals surface area contributed by atoms with Gasteiger partial charge in [-0.3, -0.25) is 9.59 Å². The van der Waals surface area contributed by atoms with E-state index in [0.29, 0.717) is 39.0 Å². The van der Waals surface area contributed by atoms with Crippen LogP contribution in [0.3, 0.4) is 0 Å². The number of Topliss-reactive ketones (excluding diaryl/α,β-unsaturated/α-hetero) is 1. The number of hydrogen-bond donors (Lipinski definition) is 3. The van der Waals surface area contributed by atoms with Gasteiger partial charge in [0.2, 0.25) is 5.91 Å².